The summed E-state index contributed by atoms with van der Waals surface area (Å²) in [6.07, 6.45) is 0. The Balaban J connectivity index is 1.75. The predicted octanol–water partition coefficient (Wildman–Crippen LogP) is 4.83. The van der Waals surface area contributed by atoms with Crippen LogP contribution in [0.5, 0.6) is 5.75 Å². The smallest absolute Gasteiger partial charge is 0.252 e. The molecule has 0 saturated carbocycles. The highest BCUT2D eigenvalue weighted by Gasteiger charge is 2.26. The third-order valence-corrected chi connectivity index (χ3v) is 5.90. The summed E-state index contributed by atoms with van der Waals surface area (Å²) in [4.78, 5) is 31.3. The maximum atomic E-state index is 13.0. The molecule has 0 bridgehead atoms. The van der Waals surface area contributed by atoms with Gasteiger partial charge in [0, 0.05) is 16.0 Å². The molecule has 2 amide bonds. The molecule has 0 saturated heterocycles. The first-order chi connectivity index (χ1) is 14.8. The normalized spacial score (nSPS) is 11.8. The van der Waals surface area contributed by atoms with E-state index in [-0.39, 0.29) is 17.7 Å². The second-order valence-electron chi connectivity index (χ2n) is 7.65. The van der Waals surface area contributed by atoms with E-state index in [2.05, 4.69) is 15.6 Å². The highest BCUT2D eigenvalue weighted by Crippen LogP contribution is 2.31. The number of hydrogen-bond acceptors (Lipinski definition) is 5. The Morgan fingerprint density at radius 2 is 1.71 bits per heavy atom. The van der Waals surface area contributed by atoms with E-state index in [4.69, 9.17) is 4.74 Å². The van der Waals surface area contributed by atoms with Gasteiger partial charge in [0.2, 0.25) is 5.91 Å². The Labute approximate surface area is 186 Å². The summed E-state index contributed by atoms with van der Waals surface area (Å²) in [6, 6.07) is 14.3. The van der Waals surface area contributed by atoms with Crippen LogP contribution in [0.25, 0.3) is 11.3 Å². The van der Waals surface area contributed by atoms with E-state index in [1.165, 1.54) is 11.3 Å². The number of aromatic nitrogens is 1. The first-order valence-corrected chi connectivity index (χ1v) is 10.9. The summed E-state index contributed by atoms with van der Waals surface area (Å²) in [5.41, 5.74) is 3.19. The van der Waals surface area contributed by atoms with E-state index < -0.39 is 6.04 Å². The molecule has 31 heavy (non-hydrogen) atoms. The molecule has 0 aliphatic carbocycles. The first-order valence-electron chi connectivity index (χ1n) is 10.1. The molecule has 0 spiro atoms. The number of carbonyl (C=O) groups is 2. The van der Waals surface area contributed by atoms with Crippen LogP contribution in [0.4, 0.5) is 5.13 Å². The molecule has 162 valence electrons. The van der Waals surface area contributed by atoms with Crippen molar-refractivity contribution >= 4 is 28.3 Å². The van der Waals surface area contributed by atoms with Crippen molar-refractivity contribution in [1.29, 1.82) is 0 Å². The number of amides is 2. The average molecular weight is 438 g/mol. The second kappa shape index (κ2) is 9.75. The summed E-state index contributed by atoms with van der Waals surface area (Å²) < 4.78 is 5.20. The number of rotatable bonds is 7. The van der Waals surface area contributed by atoms with Crippen molar-refractivity contribution in [3.8, 4) is 17.0 Å². The van der Waals surface area contributed by atoms with Crippen LogP contribution in [0, 0.1) is 19.8 Å². The van der Waals surface area contributed by atoms with Gasteiger partial charge in [0.15, 0.2) is 5.13 Å². The van der Waals surface area contributed by atoms with E-state index in [0.717, 1.165) is 27.4 Å². The van der Waals surface area contributed by atoms with Crippen molar-refractivity contribution in [3.63, 3.8) is 0 Å². The molecule has 1 unspecified atom stereocenters. The Hall–Kier alpha value is -3.19. The molecule has 2 N–H and O–H groups in total. The molecule has 7 heteroatoms. The highest BCUT2D eigenvalue weighted by molar-refractivity contribution is 7.16. The van der Waals surface area contributed by atoms with Crippen molar-refractivity contribution < 1.29 is 14.3 Å². The summed E-state index contributed by atoms with van der Waals surface area (Å²) in [5.74, 6) is 0.137. The molecule has 0 radical (unpaired) electrons. The van der Waals surface area contributed by atoms with Crippen molar-refractivity contribution in [3.05, 3.63) is 64.5 Å². The quantitative estimate of drug-likeness (QED) is 0.555. The van der Waals surface area contributed by atoms with Gasteiger partial charge in [-0.05, 0) is 55.7 Å². The van der Waals surface area contributed by atoms with Crippen molar-refractivity contribution in [1.82, 2.24) is 10.3 Å². The summed E-state index contributed by atoms with van der Waals surface area (Å²) in [5, 5.41) is 6.25. The topological polar surface area (TPSA) is 80.3 Å². The third-order valence-electron chi connectivity index (χ3n) is 5.02. The second-order valence-corrected chi connectivity index (χ2v) is 8.85. The molecular formula is C24H27N3O3S. The van der Waals surface area contributed by atoms with Crippen LogP contribution >= 0.6 is 11.3 Å². The minimum atomic E-state index is -0.680. The molecule has 1 atom stereocenters. The van der Waals surface area contributed by atoms with Crippen molar-refractivity contribution in [2.45, 2.75) is 33.7 Å². The zero-order chi connectivity index (χ0) is 22.5. The van der Waals surface area contributed by atoms with E-state index in [9.17, 15) is 9.59 Å². The van der Waals surface area contributed by atoms with Gasteiger partial charge >= 0.3 is 0 Å². The largest absolute Gasteiger partial charge is 0.497 e. The standard InChI is InChI=1S/C24H27N3O3S/c1-14(2)20(25-22(28)19-9-7-6-8-15(19)3)23(29)27-24-26-21(16(4)31-24)17-10-12-18(30-5)13-11-17/h6-14,20H,1-5H3,(H,25,28)(H,26,27,29). The Morgan fingerprint density at radius 3 is 2.32 bits per heavy atom. The summed E-state index contributed by atoms with van der Waals surface area (Å²) in [7, 11) is 1.62. The Morgan fingerprint density at radius 1 is 1.03 bits per heavy atom. The van der Waals surface area contributed by atoms with Gasteiger partial charge in [0.05, 0.1) is 12.8 Å². The third kappa shape index (κ3) is 5.30. The number of aryl methyl sites for hydroxylation is 2. The number of benzene rings is 2. The number of ether oxygens (including phenoxy) is 1. The van der Waals surface area contributed by atoms with E-state index in [1.54, 1.807) is 13.2 Å². The highest BCUT2D eigenvalue weighted by atomic mass is 32.1. The number of carbonyl (C=O) groups excluding carboxylic acids is 2. The van der Waals surface area contributed by atoms with Gasteiger partial charge in [-0.25, -0.2) is 4.98 Å². The van der Waals surface area contributed by atoms with Gasteiger partial charge in [0.25, 0.3) is 5.91 Å². The van der Waals surface area contributed by atoms with Crippen LogP contribution in [0.2, 0.25) is 0 Å². The Kier molecular flexibility index (Phi) is 7.07. The number of nitrogens with zero attached hydrogens (tertiary/aromatic N) is 1. The van der Waals surface area contributed by atoms with Gasteiger partial charge in [-0.3, -0.25) is 9.59 Å². The fourth-order valence-electron chi connectivity index (χ4n) is 3.23. The number of anilines is 1. The SMILES string of the molecule is COc1ccc(-c2nc(NC(=O)C(NC(=O)c3ccccc3C)C(C)C)sc2C)cc1. The number of hydrogen-bond donors (Lipinski definition) is 2. The fraction of sp³-hybridized carbons (Fsp3) is 0.292. The zero-order valence-electron chi connectivity index (χ0n) is 18.4. The van der Waals surface area contributed by atoms with Crippen molar-refractivity contribution in [2.24, 2.45) is 5.92 Å². The van der Waals surface area contributed by atoms with Crippen LogP contribution in [0.1, 0.15) is 34.6 Å². The molecule has 6 nitrogen and oxygen atoms in total. The molecule has 3 aromatic rings. The lowest BCUT2D eigenvalue weighted by molar-refractivity contribution is -0.118. The number of nitrogens with one attached hydrogen (secondary N) is 2. The van der Waals surface area contributed by atoms with E-state index in [0.29, 0.717) is 10.7 Å². The lowest BCUT2D eigenvalue weighted by Crippen LogP contribution is -2.47. The molecule has 0 fully saturated rings. The van der Waals surface area contributed by atoms with Crippen LogP contribution in [-0.2, 0) is 4.79 Å². The van der Waals surface area contributed by atoms with Crippen LogP contribution in [-0.4, -0.2) is 29.9 Å². The minimum absolute atomic E-state index is 0.0879. The van der Waals surface area contributed by atoms with Crippen LogP contribution in [0.3, 0.4) is 0 Å². The maximum absolute atomic E-state index is 13.0. The molecular weight excluding hydrogens is 410 g/mol. The molecule has 0 aliphatic rings. The fourth-order valence-corrected chi connectivity index (χ4v) is 4.07. The van der Waals surface area contributed by atoms with Gasteiger partial charge in [-0.1, -0.05) is 32.0 Å². The lowest BCUT2D eigenvalue weighted by atomic mass is 10.0. The molecule has 3 rings (SSSR count). The van der Waals surface area contributed by atoms with E-state index >= 15 is 0 Å². The van der Waals surface area contributed by atoms with Crippen LogP contribution in [0.15, 0.2) is 48.5 Å². The molecule has 1 heterocycles. The zero-order valence-corrected chi connectivity index (χ0v) is 19.2. The van der Waals surface area contributed by atoms with Gasteiger partial charge < -0.3 is 15.4 Å². The molecule has 1 aromatic heterocycles. The predicted molar refractivity (Wildman–Crippen MR) is 125 cm³/mol. The van der Waals surface area contributed by atoms with E-state index in [1.807, 2.05) is 70.2 Å². The molecule has 0 aliphatic heterocycles. The van der Waals surface area contributed by atoms with Gasteiger partial charge in [0.1, 0.15) is 11.8 Å². The maximum Gasteiger partial charge on any atom is 0.252 e. The Bertz CT molecular complexity index is 1070. The van der Waals surface area contributed by atoms with Gasteiger partial charge in [-0.15, -0.1) is 11.3 Å². The lowest BCUT2D eigenvalue weighted by Gasteiger charge is -2.21. The number of methoxy groups -OCH3 is 1. The van der Waals surface area contributed by atoms with Gasteiger partial charge in [-0.2, -0.15) is 0 Å². The first kappa shape index (κ1) is 22.5. The monoisotopic (exact) mass is 437 g/mol. The van der Waals surface area contributed by atoms with Crippen LogP contribution < -0.4 is 15.4 Å². The molecule has 2 aromatic carbocycles. The summed E-state index contributed by atoms with van der Waals surface area (Å²) >= 11 is 1.41. The minimum Gasteiger partial charge on any atom is -0.497 e. The average Bonchev–Trinajstić information content (AvgIpc) is 3.11. The summed E-state index contributed by atoms with van der Waals surface area (Å²) in [6.45, 7) is 7.64. The van der Waals surface area contributed by atoms with Crippen molar-refractivity contribution in [2.75, 3.05) is 12.4 Å². The number of thiazole rings is 1.